The van der Waals surface area contributed by atoms with Crippen molar-refractivity contribution in [1.82, 2.24) is 10.6 Å². The smallest absolute Gasteiger partial charge is 0.163 e. The molecule has 2 aromatic rings. The van der Waals surface area contributed by atoms with Crippen LogP contribution in [0.15, 0.2) is 30.3 Å². The van der Waals surface area contributed by atoms with Crippen LogP contribution in [0.4, 0.5) is 0 Å². The summed E-state index contributed by atoms with van der Waals surface area (Å²) in [4.78, 5) is 0. The molecule has 0 aliphatic rings. The van der Waals surface area contributed by atoms with Gasteiger partial charge in [0, 0.05) is 37.3 Å². The monoisotopic (exact) mass is 432 g/mol. The molecule has 0 heterocycles. The van der Waals surface area contributed by atoms with Gasteiger partial charge >= 0.3 is 0 Å². The van der Waals surface area contributed by atoms with E-state index in [1.54, 1.807) is 25.3 Å². The van der Waals surface area contributed by atoms with Gasteiger partial charge in [-0.3, -0.25) is 0 Å². The van der Waals surface area contributed by atoms with E-state index in [1.165, 1.54) is 0 Å². The maximum absolute atomic E-state index is 8.72. The highest BCUT2D eigenvalue weighted by Gasteiger charge is 2.11. The van der Waals surface area contributed by atoms with Gasteiger partial charge in [-0.2, -0.15) is 0 Å². The van der Waals surface area contributed by atoms with Crippen molar-refractivity contribution < 1.29 is 14.6 Å². The van der Waals surface area contributed by atoms with Crippen molar-refractivity contribution in [1.29, 1.82) is 0 Å². The molecule has 0 aliphatic carbocycles. The molecule has 0 unspecified atom stereocenters. The highest BCUT2D eigenvalue weighted by molar-refractivity contribution is 6.42. The van der Waals surface area contributed by atoms with E-state index in [0.717, 1.165) is 24.2 Å². The number of benzene rings is 2. The Kier molecular flexibility index (Phi) is 9.48. The first-order valence-electron chi connectivity index (χ1n) is 8.50. The van der Waals surface area contributed by atoms with Crippen molar-refractivity contribution in [3.8, 4) is 11.5 Å². The zero-order chi connectivity index (χ0) is 19.6. The Bertz CT molecular complexity index is 744. The van der Waals surface area contributed by atoms with Crippen LogP contribution in [0.5, 0.6) is 11.5 Å². The quantitative estimate of drug-likeness (QED) is 0.469. The average molecular weight is 434 g/mol. The van der Waals surface area contributed by atoms with Crippen molar-refractivity contribution in [3.05, 3.63) is 56.5 Å². The van der Waals surface area contributed by atoms with E-state index in [9.17, 15) is 0 Å². The van der Waals surface area contributed by atoms with E-state index in [-0.39, 0.29) is 6.61 Å². The first-order valence-corrected chi connectivity index (χ1v) is 9.64. The van der Waals surface area contributed by atoms with Crippen molar-refractivity contribution >= 4 is 34.8 Å². The summed E-state index contributed by atoms with van der Waals surface area (Å²) in [5, 5.41) is 16.7. The lowest BCUT2D eigenvalue weighted by Crippen LogP contribution is -2.28. The van der Waals surface area contributed by atoms with Crippen LogP contribution in [0.2, 0.25) is 15.1 Å². The normalized spacial score (nSPS) is 10.9. The molecule has 8 heteroatoms. The zero-order valence-electron chi connectivity index (χ0n) is 15.0. The lowest BCUT2D eigenvalue weighted by atomic mass is 10.2. The Hall–Kier alpha value is -1.21. The molecule has 0 atom stereocenters. The van der Waals surface area contributed by atoms with Crippen LogP contribution in [-0.4, -0.2) is 38.5 Å². The molecule has 0 radical (unpaired) electrons. The van der Waals surface area contributed by atoms with Gasteiger partial charge in [0.25, 0.3) is 0 Å². The number of methoxy groups -OCH3 is 1. The second kappa shape index (κ2) is 11.6. The van der Waals surface area contributed by atoms with E-state index in [4.69, 9.17) is 49.4 Å². The largest absolute Gasteiger partial charge is 0.493 e. The van der Waals surface area contributed by atoms with Gasteiger partial charge < -0.3 is 25.2 Å². The third-order valence-corrected chi connectivity index (χ3v) is 4.88. The molecule has 2 aromatic carbocycles. The van der Waals surface area contributed by atoms with Crippen LogP contribution in [0.1, 0.15) is 11.1 Å². The molecule has 0 bridgehead atoms. The van der Waals surface area contributed by atoms with E-state index in [0.29, 0.717) is 46.3 Å². The van der Waals surface area contributed by atoms with Crippen molar-refractivity contribution in [2.45, 2.75) is 13.2 Å². The van der Waals surface area contributed by atoms with Gasteiger partial charge in [-0.15, -0.1) is 0 Å². The summed E-state index contributed by atoms with van der Waals surface area (Å²) in [7, 11) is 1.59. The van der Waals surface area contributed by atoms with Crippen molar-refractivity contribution in [3.63, 3.8) is 0 Å². The summed E-state index contributed by atoms with van der Waals surface area (Å²) < 4.78 is 11.3. The predicted molar refractivity (Wildman–Crippen MR) is 110 cm³/mol. The number of halogens is 3. The second-order valence-electron chi connectivity index (χ2n) is 5.78. The van der Waals surface area contributed by atoms with Crippen LogP contribution in [0, 0.1) is 0 Å². The number of aliphatic hydroxyl groups excluding tert-OH is 1. The van der Waals surface area contributed by atoms with Crippen LogP contribution in [0.25, 0.3) is 0 Å². The minimum absolute atomic E-state index is 0.132. The predicted octanol–water partition coefficient (Wildman–Crippen LogP) is 3.91. The van der Waals surface area contributed by atoms with Gasteiger partial charge in [0.15, 0.2) is 11.5 Å². The van der Waals surface area contributed by atoms with Gasteiger partial charge in [-0.1, -0.05) is 40.9 Å². The lowest BCUT2D eigenvalue weighted by molar-refractivity contribution is 0.284. The molecular weight excluding hydrogens is 411 g/mol. The zero-order valence-corrected chi connectivity index (χ0v) is 17.3. The SMILES string of the molecule is COc1cc(CNCCNCCO)c(Cl)cc1OCc1ccc(Cl)c(Cl)c1. The standard InChI is InChI=1S/C19H23Cl3N2O3/c1-26-18-9-14(11-24-5-4-23-6-7-25)16(21)10-19(18)27-12-13-2-3-15(20)17(22)8-13/h2-3,8-10,23-25H,4-7,11-12H2,1H3. The number of aliphatic hydroxyl groups is 1. The average Bonchev–Trinajstić information content (AvgIpc) is 2.66. The molecule has 0 saturated carbocycles. The summed E-state index contributed by atoms with van der Waals surface area (Å²) >= 11 is 18.3. The Morgan fingerprint density at radius 3 is 2.37 bits per heavy atom. The summed E-state index contributed by atoms with van der Waals surface area (Å²) in [6.07, 6.45) is 0. The molecule has 3 N–H and O–H groups in total. The van der Waals surface area contributed by atoms with E-state index < -0.39 is 0 Å². The summed E-state index contributed by atoms with van der Waals surface area (Å²) in [5.41, 5.74) is 1.81. The maximum Gasteiger partial charge on any atom is 0.163 e. The number of rotatable bonds is 11. The minimum Gasteiger partial charge on any atom is -0.493 e. The van der Waals surface area contributed by atoms with Gasteiger partial charge in [-0.25, -0.2) is 0 Å². The summed E-state index contributed by atoms with van der Waals surface area (Å²) in [6, 6.07) is 8.96. The molecular formula is C19H23Cl3N2O3. The highest BCUT2D eigenvalue weighted by Crippen LogP contribution is 2.34. The molecule has 0 amide bonds. The van der Waals surface area contributed by atoms with Crippen molar-refractivity contribution in [2.75, 3.05) is 33.4 Å². The fourth-order valence-corrected chi connectivity index (χ4v) is 2.92. The summed E-state index contributed by atoms with van der Waals surface area (Å²) in [5.74, 6) is 1.16. The first kappa shape index (κ1) is 22.1. The summed E-state index contributed by atoms with van der Waals surface area (Å²) in [6.45, 7) is 3.16. The van der Waals surface area contributed by atoms with E-state index >= 15 is 0 Å². The third-order valence-electron chi connectivity index (χ3n) is 3.79. The topological polar surface area (TPSA) is 62.8 Å². The Morgan fingerprint density at radius 1 is 0.889 bits per heavy atom. The molecule has 0 aromatic heterocycles. The van der Waals surface area contributed by atoms with Crippen LogP contribution >= 0.6 is 34.8 Å². The van der Waals surface area contributed by atoms with Gasteiger partial charge in [0.2, 0.25) is 0 Å². The molecule has 0 saturated heterocycles. The first-order chi connectivity index (χ1) is 13.0. The van der Waals surface area contributed by atoms with E-state index in [1.807, 2.05) is 12.1 Å². The lowest BCUT2D eigenvalue weighted by Gasteiger charge is -2.15. The highest BCUT2D eigenvalue weighted by atomic mass is 35.5. The van der Waals surface area contributed by atoms with Crippen LogP contribution in [-0.2, 0) is 13.2 Å². The molecule has 0 fully saturated rings. The number of nitrogens with one attached hydrogen (secondary N) is 2. The fourth-order valence-electron chi connectivity index (χ4n) is 2.38. The molecule has 2 rings (SSSR count). The molecule has 5 nitrogen and oxygen atoms in total. The Morgan fingerprint density at radius 2 is 1.67 bits per heavy atom. The Balaban J connectivity index is 1.96. The minimum atomic E-state index is 0.132. The molecule has 0 spiro atoms. The van der Waals surface area contributed by atoms with Crippen LogP contribution < -0.4 is 20.1 Å². The van der Waals surface area contributed by atoms with Crippen LogP contribution in [0.3, 0.4) is 0 Å². The number of hydrogen-bond acceptors (Lipinski definition) is 5. The van der Waals surface area contributed by atoms with Crippen molar-refractivity contribution in [2.24, 2.45) is 0 Å². The third kappa shape index (κ3) is 7.03. The van der Waals surface area contributed by atoms with Gasteiger partial charge in [0.1, 0.15) is 6.61 Å². The number of hydrogen-bond donors (Lipinski definition) is 3. The maximum atomic E-state index is 8.72. The van der Waals surface area contributed by atoms with Gasteiger partial charge in [0.05, 0.1) is 23.8 Å². The second-order valence-corrected chi connectivity index (χ2v) is 7.00. The Labute approximate surface area is 174 Å². The van der Waals surface area contributed by atoms with E-state index in [2.05, 4.69) is 10.6 Å². The molecule has 27 heavy (non-hydrogen) atoms. The van der Waals surface area contributed by atoms with Gasteiger partial charge in [-0.05, 0) is 29.3 Å². The fraction of sp³-hybridized carbons (Fsp3) is 0.368. The molecule has 0 aliphatic heterocycles. The number of ether oxygens (including phenoxy) is 2. The molecule has 148 valence electrons.